The molecule has 0 bridgehead atoms. The standard InChI is InChI=1S/C21H23N3O3/c1-2-27-21(26)15-9-6-14(7-10-15)8-11-18-23-17-5-3-4-16-19(17)24(18)13-12-22-20(16)25/h4,6-7,9-10H,2-3,5,8,11-13H2,1H3,(H,22,25). The van der Waals surface area contributed by atoms with Crippen LogP contribution in [0.3, 0.4) is 0 Å². The molecule has 0 spiro atoms. The van der Waals surface area contributed by atoms with Crippen LogP contribution in [0.2, 0.25) is 0 Å². The summed E-state index contributed by atoms with van der Waals surface area (Å²) in [7, 11) is 0. The molecule has 0 radical (unpaired) electrons. The molecule has 2 aromatic rings. The second-order valence-corrected chi connectivity index (χ2v) is 6.80. The lowest BCUT2D eigenvalue weighted by Gasteiger charge is -2.12. The van der Waals surface area contributed by atoms with Crippen molar-refractivity contribution in [3.05, 3.63) is 58.7 Å². The number of aryl methyl sites for hydroxylation is 3. The zero-order valence-corrected chi connectivity index (χ0v) is 15.5. The second-order valence-electron chi connectivity index (χ2n) is 6.80. The van der Waals surface area contributed by atoms with Crippen LogP contribution >= 0.6 is 0 Å². The zero-order valence-electron chi connectivity index (χ0n) is 15.5. The van der Waals surface area contributed by atoms with E-state index in [2.05, 4.69) is 9.88 Å². The van der Waals surface area contributed by atoms with Gasteiger partial charge < -0.3 is 14.6 Å². The van der Waals surface area contributed by atoms with E-state index in [1.54, 1.807) is 6.92 Å². The van der Waals surface area contributed by atoms with Gasteiger partial charge in [0.15, 0.2) is 0 Å². The quantitative estimate of drug-likeness (QED) is 0.825. The smallest absolute Gasteiger partial charge is 0.338 e. The van der Waals surface area contributed by atoms with Crippen molar-refractivity contribution in [3.8, 4) is 0 Å². The molecular formula is C21H23N3O3. The molecule has 0 saturated heterocycles. The molecule has 1 N–H and O–H groups in total. The first-order valence-corrected chi connectivity index (χ1v) is 9.50. The molecule has 1 aliphatic carbocycles. The Morgan fingerprint density at radius 3 is 2.85 bits per heavy atom. The summed E-state index contributed by atoms with van der Waals surface area (Å²) in [6.07, 6.45) is 5.41. The molecule has 27 heavy (non-hydrogen) atoms. The van der Waals surface area contributed by atoms with E-state index in [1.165, 1.54) is 0 Å². The first-order valence-electron chi connectivity index (χ1n) is 9.50. The molecule has 6 heteroatoms. The molecule has 1 aromatic carbocycles. The third kappa shape index (κ3) is 3.39. The van der Waals surface area contributed by atoms with E-state index in [0.29, 0.717) is 18.7 Å². The summed E-state index contributed by atoms with van der Waals surface area (Å²) in [5, 5.41) is 2.97. The van der Waals surface area contributed by atoms with Crippen molar-refractivity contribution in [2.45, 2.75) is 39.2 Å². The lowest BCUT2D eigenvalue weighted by Crippen LogP contribution is -2.25. The van der Waals surface area contributed by atoms with Crippen LogP contribution in [0.5, 0.6) is 0 Å². The van der Waals surface area contributed by atoms with Gasteiger partial charge in [0.05, 0.1) is 29.1 Å². The maximum Gasteiger partial charge on any atom is 0.338 e. The number of nitrogens with zero attached hydrogens (tertiary/aromatic N) is 2. The van der Waals surface area contributed by atoms with Crippen LogP contribution in [0.15, 0.2) is 30.3 Å². The molecule has 1 aliphatic heterocycles. The van der Waals surface area contributed by atoms with Gasteiger partial charge in [0.1, 0.15) is 5.82 Å². The molecular weight excluding hydrogens is 342 g/mol. The lowest BCUT2D eigenvalue weighted by atomic mass is 10.00. The van der Waals surface area contributed by atoms with Crippen molar-refractivity contribution in [3.63, 3.8) is 0 Å². The number of nitrogens with one attached hydrogen (secondary N) is 1. The third-order valence-corrected chi connectivity index (χ3v) is 5.07. The molecule has 0 fully saturated rings. The summed E-state index contributed by atoms with van der Waals surface area (Å²) in [4.78, 5) is 28.9. The first kappa shape index (κ1) is 17.5. The first-order chi connectivity index (χ1) is 13.2. The van der Waals surface area contributed by atoms with Crippen LogP contribution < -0.4 is 5.32 Å². The zero-order chi connectivity index (χ0) is 18.8. The average molecular weight is 365 g/mol. The van der Waals surface area contributed by atoms with Crippen LogP contribution in [0.4, 0.5) is 0 Å². The van der Waals surface area contributed by atoms with Crippen LogP contribution in [0.1, 0.15) is 46.5 Å². The Balaban J connectivity index is 1.52. The molecule has 4 rings (SSSR count). The minimum Gasteiger partial charge on any atom is -0.462 e. The minimum absolute atomic E-state index is 0.00991. The largest absolute Gasteiger partial charge is 0.462 e. The summed E-state index contributed by atoms with van der Waals surface area (Å²) in [5.41, 5.74) is 4.53. The molecule has 0 atom stereocenters. The minimum atomic E-state index is -0.290. The molecule has 140 valence electrons. The highest BCUT2D eigenvalue weighted by Crippen LogP contribution is 2.29. The van der Waals surface area contributed by atoms with Crippen molar-refractivity contribution >= 4 is 17.4 Å². The van der Waals surface area contributed by atoms with E-state index in [-0.39, 0.29) is 11.9 Å². The second kappa shape index (κ2) is 7.39. The van der Waals surface area contributed by atoms with Gasteiger partial charge in [0.25, 0.3) is 5.91 Å². The van der Waals surface area contributed by atoms with Crippen LogP contribution in [-0.4, -0.2) is 34.6 Å². The van der Waals surface area contributed by atoms with E-state index in [4.69, 9.17) is 9.72 Å². The maximum atomic E-state index is 12.3. The monoisotopic (exact) mass is 365 g/mol. The number of aromatic nitrogens is 2. The van der Waals surface area contributed by atoms with E-state index in [0.717, 1.165) is 60.6 Å². The third-order valence-electron chi connectivity index (χ3n) is 5.07. The fourth-order valence-corrected chi connectivity index (χ4v) is 3.77. The summed E-state index contributed by atoms with van der Waals surface area (Å²) in [6.45, 7) is 3.55. The van der Waals surface area contributed by atoms with Crippen molar-refractivity contribution in [1.82, 2.24) is 14.9 Å². The van der Waals surface area contributed by atoms with Crippen LogP contribution in [0.25, 0.3) is 5.57 Å². The van der Waals surface area contributed by atoms with E-state index in [9.17, 15) is 9.59 Å². The number of carbonyl (C=O) groups is 2. The molecule has 0 unspecified atom stereocenters. The van der Waals surface area contributed by atoms with Gasteiger partial charge in [-0.1, -0.05) is 18.2 Å². The number of rotatable bonds is 5. The molecule has 1 amide bonds. The summed E-state index contributed by atoms with van der Waals surface area (Å²) in [6, 6.07) is 7.55. The fraction of sp³-hybridized carbons (Fsp3) is 0.381. The highest BCUT2D eigenvalue weighted by Gasteiger charge is 2.28. The predicted octanol–water partition coefficient (Wildman–Crippen LogP) is 2.30. The molecule has 0 saturated carbocycles. The van der Waals surface area contributed by atoms with E-state index >= 15 is 0 Å². The van der Waals surface area contributed by atoms with Gasteiger partial charge in [-0.3, -0.25) is 4.79 Å². The highest BCUT2D eigenvalue weighted by atomic mass is 16.5. The number of ether oxygens (including phenoxy) is 1. The molecule has 6 nitrogen and oxygen atoms in total. The number of hydrogen-bond acceptors (Lipinski definition) is 4. The van der Waals surface area contributed by atoms with Gasteiger partial charge in [-0.05, 0) is 43.9 Å². The lowest BCUT2D eigenvalue weighted by molar-refractivity contribution is -0.115. The topological polar surface area (TPSA) is 73.2 Å². The number of carbonyl (C=O) groups excluding carboxylic acids is 2. The van der Waals surface area contributed by atoms with Crippen molar-refractivity contribution in [2.75, 3.05) is 13.2 Å². The molecule has 2 aliphatic rings. The Kier molecular flexibility index (Phi) is 4.79. The SMILES string of the molecule is CCOC(=O)c1ccc(CCc2nc3c4n2CCNC(=O)C4=CCC3)cc1. The number of benzene rings is 1. The number of hydrogen-bond donors (Lipinski definition) is 1. The Morgan fingerprint density at radius 1 is 1.26 bits per heavy atom. The van der Waals surface area contributed by atoms with Crippen molar-refractivity contribution in [1.29, 1.82) is 0 Å². The van der Waals surface area contributed by atoms with Gasteiger partial charge in [0, 0.05) is 19.5 Å². The number of imidazole rings is 1. The molecule has 1 aromatic heterocycles. The van der Waals surface area contributed by atoms with E-state index < -0.39 is 0 Å². The summed E-state index contributed by atoms with van der Waals surface area (Å²) < 4.78 is 7.22. The van der Waals surface area contributed by atoms with Crippen LogP contribution in [0, 0.1) is 0 Å². The number of esters is 1. The predicted molar refractivity (Wildman–Crippen MR) is 101 cm³/mol. The Hall–Kier alpha value is -2.89. The summed E-state index contributed by atoms with van der Waals surface area (Å²) in [5.74, 6) is 0.747. The summed E-state index contributed by atoms with van der Waals surface area (Å²) >= 11 is 0. The van der Waals surface area contributed by atoms with Crippen molar-refractivity contribution < 1.29 is 14.3 Å². The molecule has 2 heterocycles. The van der Waals surface area contributed by atoms with E-state index in [1.807, 2.05) is 30.3 Å². The van der Waals surface area contributed by atoms with Crippen molar-refractivity contribution in [2.24, 2.45) is 0 Å². The fourth-order valence-electron chi connectivity index (χ4n) is 3.77. The van der Waals surface area contributed by atoms with Gasteiger partial charge in [-0.15, -0.1) is 0 Å². The van der Waals surface area contributed by atoms with Crippen LogP contribution in [-0.2, 0) is 35.3 Å². The van der Waals surface area contributed by atoms with Gasteiger partial charge in [0.2, 0.25) is 0 Å². The number of allylic oxidation sites excluding steroid dienone is 1. The Morgan fingerprint density at radius 2 is 2.07 bits per heavy atom. The normalized spacial score (nSPS) is 15.4. The number of amides is 1. The van der Waals surface area contributed by atoms with Gasteiger partial charge >= 0.3 is 5.97 Å². The Bertz CT molecular complexity index is 909. The maximum absolute atomic E-state index is 12.3. The van der Waals surface area contributed by atoms with Gasteiger partial charge in [-0.25, -0.2) is 9.78 Å². The van der Waals surface area contributed by atoms with Gasteiger partial charge in [-0.2, -0.15) is 0 Å². The highest BCUT2D eigenvalue weighted by molar-refractivity contribution is 6.19. The Labute approximate surface area is 158 Å². The average Bonchev–Trinajstić information content (AvgIpc) is 2.94.